The number of rotatable bonds is 6. The van der Waals surface area contributed by atoms with Gasteiger partial charge >= 0.3 is 12.1 Å². The van der Waals surface area contributed by atoms with Gasteiger partial charge in [-0.15, -0.1) is 0 Å². The largest absolute Gasteiger partial charge is 0.453 e. The fraction of sp³-hybridized carbons (Fsp3) is 0.200. The van der Waals surface area contributed by atoms with E-state index >= 15 is 0 Å². The minimum Gasteiger partial charge on any atom is -0.449 e. The summed E-state index contributed by atoms with van der Waals surface area (Å²) in [5.41, 5.74) is 2.05. The topological polar surface area (TPSA) is 65.7 Å². The van der Waals surface area contributed by atoms with Crippen LogP contribution in [-0.2, 0) is 11.0 Å². The number of halogens is 3. The molecule has 0 saturated carbocycles. The van der Waals surface area contributed by atoms with E-state index in [1.807, 2.05) is 30.3 Å². The van der Waals surface area contributed by atoms with Crippen molar-refractivity contribution in [1.29, 1.82) is 0 Å². The van der Waals surface area contributed by atoms with Crippen molar-refractivity contribution in [2.75, 3.05) is 0 Å². The molecular formula is C30H25F3O5. The molecule has 0 spiro atoms. The molecule has 0 aliphatic carbocycles. The quantitative estimate of drug-likeness (QED) is 0.146. The lowest BCUT2D eigenvalue weighted by Crippen LogP contribution is -2.15. The minimum atomic E-state index is -5.01. The van der Waals surface area contributed by atoms with Gasteiger partial charge in [0.1, 0.15) is 17.1 Å². The first-order chi connectivity index (χ1) is 17.9. The first-order valence-electron chi connectivity index (χ1n) is 11.8. The van der Waals surface area contributed by atoms with Gasteiger partial charge in [-0.25, -0.2) is 4.79 Å². The SMILES string of the molecule is Cc1cc(C)cc(Oc2c(C(F)(F)F)oc3cc(OC(=O)/C=C/c4ccc(C(C)C)cc4)ccc3c2=O)c1. The van der Waals surface area contributed by atoms with E-state index in [1.165, 1.54) is 30.3 Å². The lowest BCUT2D eigenvalue weighted by atomic mass is 10.0. The van der Waals surface area contributed by atoms with Crippen LogP contribution in [-0.4, -0.2) is 5.97 Å². The van der Waals surface area contributed by atoms with E-state index in [-0.39, 0.29) is 16.9 Å². The highest BCUT2D eigenvalue weighted by molar-refractivity contribution is 5.89. The van der Waals surface area contributed by atoms with Gasteiger partial charge in [0.05, 0.1) is 5.39 Å². The molecule has 196 valence electrons. The molecule has 0 aliphatic heterocycles. The number of hydrogen-bond acceptors (Lipinski definition) is 5. The van der Waals surface area contributed by atoms with E-state index in [0.717, 1.165) is 28.3 Å². The van der Waals surface area contributed by atoms with Gasteiger partial charge in [0.15, 0.2) is 0 Å². The molecule has 0 amide bonds. The van der Waals surface area contributed by atoms with E-state index < -0.39 is 34.7 Å². The highest BCUT2D eigenvalue weighted by atomic mass is 19.4. The van der Waals surface area contributed by atoms with Crippen LogP contribution in [0.4, 0.5) is 13.2 Å². The summed E-state index contributed by atoms with van der Waals surface area (Å²) in [6.07, 6.45) is -2.25. The number of benzene rings is 3. The summed E-state index contributed by atoms with van der Waals surface area (Å²) in [5, 5.41) is -0.155. The second-order valence-electron chi connectivity index (χ2n) is 9.25. The van der Waals surface area contributed by atoms with E-state index in [2.05, 4.69) is 13.8 Å². The zero-order valence-electron chi connectivity index (χ0n) is 21.2. The van der Waals surface area contributed by atoms with Crippen LogP contribution in [0.25, 0.3) is 17.0 Å². The molecule has 0 radical (unpaired) electrons. The third kappa shape index (κ3) is 6.14. The number of hydrogen-bond donors (Lipinski definition) is 0. The summed E-state index contributed by atoms with van der Waals surface area (Å²) >= 11 is 0. The van der Waals surface area contributed by atoms with E-state index in [9.17, 15) is 22.8 Å². The predicted octanol–water partition coefficient (Wildman–Crippen LogP) is 7.96. The Labute approximate surface area is 217 Å². The minimum absolute atomic E-state index is 0.0795. The number of carbonyl (C=O) groups excluding carboxylic acids is 1. The number of aryl methyl sites for hydroxylation is 2. The fourth-order valence-electron chi connectivity index (χ4n) is 3.92. The zero-order valence-corrected chi connectivity index (χ0v) is 21.2. The van der Waals surface area contributed by atoms with Crippen LogP contribution < -0.4 is 14.9 Å². The first-order valence-corrected chi connectivity index (χ1v) is 11.8. The Morgan fingerprint density at radius 2 is 1.58 bits per heavy atom. The summed E-state index contributed by atoms with van der Waals surface area (Å²) in [4.78, 5) is 25.3. The van der Waals surface area contributed by atoms with Crippen molar-refractivity contribution in [3.63, 3.8) is 0 Å². The molecule has 4 rings (SSSR count). The van der Waals surface area contributed by atoms with Crippen LogP contribution >= 0.6 is 0 Å². The van der Waals surface area contributed by atoms with Crippen molar-refractivity contribution < 1.29 is 31.9 Å². The average Bonchev–Trinajstić information content (AvgIpc) is 2.83. The molecule has 0 unspecified atom stereocenters. The van der Waals surface area contributed by atoms with Gasteiger partial charge < -0.3 is 13.9 Å². The van der Waals surface area contributed by atoms with Crippen LogP contribution in [0.15, 0.2) is 76.0 Å². The molecule has 0 bridgehead atoms. The summed E-state index contributed by atoms with van der Waals surface area (Å²) < 4.78 is 57.3. The van der Waals surface area contributed by atoms with E-state index in [4.69, 9.17) is 13.9 Å². The summed E-state index contributed by atoms with van der Waals surface area (Å²) in [7, 11) is 0. The highest BCUT2D eigenvalue weighted by Crippen LogP contribution is 2.39. The second-order valence-corrected chi connectivity index (χ2v) is 9.25. The molecule has 0 N–H and O–H groups in total. The Morgan fingerprint density at radius 3 is 2.18 bits per heavy atom. The third-order valence-electron chi connectivity index (χ3n) is 5.73. The molecule has 5 nitrogen and oxygen atoms in total. The lowest BCUT2D eigenvalue weighted by Gasteiger charge is -2.14. The molecule has 0 saturated heterocycles. The maximum absolute atomic E-state index is 13.9. The summed E-state index contributed by atoms with van der Waals surface area (Å²) in [6.45, 7) is 7.66. The Balaban J connectivity index is 1.63. The first kappa shape index (κ1) is 26.7. The van der Waals surface area contributed by atoms with Crippen molar-refractivity contribution in [3.05, 3.63) is 105 Å². The molecule has 0 aliphatic rings. The van der Waals surface area contributed by atoms with Gasteiger partial charge in [-0.2, -0.15) is 13.2 Å². The number of fused-ring (bicyclic) bond motifs is 1. The Kier molecular flexibility index (Phi) is 7.44. The molecule has 1 heterocycles. The van der Waals surface area contributed by atoms with E-state index in [1.54, 1.807) is 19.9 Å². The van der Waals surface area contributed by atoms with Gasteiger partial charge in [-0.05, 0) is 72.4 Å². The molecular weight excluding hydrogens is 497 g/mol. The normalized spacial score (nSPS) is 11.9. The fourth-order valence-corrected chi connectivity index (χ4v) is 3.92. The highest BCUT2D eigenvalue weighted by Gasteiger charge is 2.40. The van der Waals surface area contributed by atoms with Crippen LogP contribution in [0.3, 0.4) is 0 Å². The van der Waals surface area contributed by atoms with Crippen molar-refractivity contribution in [1.82, 2.24) is 0 Å². The number of esters is 1. The summed E-state index contributed by atoms with van der Waals surface area (Å²) in [5.74, 6) is -2.92. The van der Waals surface area contributed by atoms with Crippen molar-refractivity contribution in [3.8, 4) is 17.2 Å². The summed E-state index contributed by atoms with van der Waals surface area (Å²) in [6, 6.07) is 16.1. The number of alkyl halides is 3. The van der Waals surface area contributed by atoms with Gasteiger partial charge in [0, 0.05) is 12.1 Å². The Morgan fingerprint density at radius 1 is 0.921 bits per heavy atom. The molecule has 4 aromatic rings. The molecule has 0 atom stereocenters. The lowest BCUT2D eigenvalue weighted by molar-refractivity contribution is -0.154. The van der Waals surface area contributed by atoms with Crippen molar-refractivity contribution >= 4 is 23.0 Å². The number of ether oxygens (including phenoxy) is 2. The van der Waals surface area contributed by atoms with Crippen LogP contribution in [0, 0.1) is 13.8 Å². The molecule has 8 heteroatoms. The van der Waals surface area contributed by atoms with Crippen LogP contribution in [0.1, 0.15) is 47.8 Å². The van der Waals surface area contributed by atoms with Gasteiger partial charge in [0.25, 0.3) is 5.76 Å². The molecule has 38 heavy (non-hydrogen) atoms. The van der Waals surface area contributed by atoms with Crippen molar-refractivity contribution in [2.24, 2.45) is 0 Å². The van der Waals surface area contributed by atoms with Crippen molar-refractivity contribution in [2.45, 2.75) is 39.8 Å². The smallest absolute Gasteiger partial charge is 0.449 e. The number of carbonyl (C=O) groups is 1. The van der Waals surface area contributed by atoms with Crippen LogP contribution in [0.2, 0.25) is 0 Å². The van der Waals surface area contributed by atoms with Crippen LogP contribution in [0.5, 0.6) is 17.2 Å². The zero-order chi connectivity index (χ0) is 27.6. The molecule has 3 aromatic carbocycles. The van der Waals surface area contributed by atoms with Gasteiger partial charge in [-0.3, -0.25) is 4.79 Å². The maximum Gasteiger partial charge on any atom is 0.453 e. The average molecular weight is 523 g/mol. The van der Waals surface area contributed by atoms with E-state index in [0.29, 0.717) is 5.92 Å². The predicted molar refractivity (Wildman–Crippen MR) is 139 cm³/mol. The second kappa shape index (κ2) is 10.6. The molecule has 0 fully saturated rings. The third-order valence-corrected chi connectivity index (χ3v) is 5.73. The maximum atomic E-state index is 13.9. The monoisotopic (exact) mass is 522 g/mol. The standard InChI is InChI=1S/C30H25F3O5/c1-17(2)21-8-5-20(6-9-21)7-12-26(34)36-22-10-11-24-25(16-22)38-29(30(31,32)33)28(27(24)35)37-23-14-18(3)13-19(4)15-23/h5-17H,1-4H3/b12-7+. The Bertz CT molecular complexity index is 1560. The van der Waals surface area contributed by atoms with Gasteiger partial charge in [0.2, 0.25) is 11.2 Å². The molecule has 1 aromatic heterocycles. The van der Waals surface area contributed by atoms with Gasteiger partial charge in [-0.1, -0.05) is 44.2 Å². The Hall–Kier alpha value is -4.33.